The van der Waals surface area contributed by atoms with Crippen LogP contribution in [-0.2, 0) is 16.0 Å². The van der Waals surface area contributed by atoms with Crippen molar-refractivity contribution in [3.63, 3.8) is 0 Å². The number of aromatic amines is 1. The number of piperazine rings is 1. The summed E-state index contributed by atoms with van der Waals surface area (Å²) < 4.78 is 4.82. The third kappa shape index (κ3) is 5.28. The van der Waals surface area contributed by atoms with Gasteiger partial charge in [-0.1, -0.05) is 24.3 Å². The van der Waals surface area contributed by atoms with Gasteiger partial charge >= 0.3 is 5.97 Å². The van der Waals surface area contributed by atoms with Gasteiger partial charge in [0.1, 0.15) is 0 Å². The molecule has 2 aromatic carbocycles. The molecule has 190 valence electrons. The van der Waals surface area contributed by atoms with Crippen LogP contribution < -0.4 is 0 Å². The lowest BCUT2D eigenvalue weighted by atomic mass is 10.0. The predicted octanol–water partition coefficient (Wildman–Crippen LogP) is 4.21. The zero-order valence-electron chi connectivity index (χ0n) is 20.7. The molecule has 0 bridgehead atoms. The van der Waals surface area contributed by atoms with E-state index in [4.69, 9.17) is 9.73 Å². The van der Waals surface area contributed by atoms with Crippen LogP contribution in [0.4, 0.5) is 5.69 Å². The molecule has 0 saturated carbocycles. The zero-order valence-corrected chi connectivity index (χ0v) is 21.5. The Bertz CT molecular complexity index is 1450. The van der Waals surface area contributed by atoms with Gasteiger partial charge in [-0.25, -0.2) is 9.79 Å². The normalized spacial score (nSPS) is 14.8. The lowest BCUT2D eigenvalue weighted by Crippen LogP contribution is -2.47. The van der Waals surface area contributed by atoms with Crippen molar-refractivity contribution in [2.45, 2.75) is 6.42 Å². The molecule has 1 fully saturated rings. The molecule has 1 saturated heterocycles. The van der Waals surface area contributed by atoms with Gasteiger partial charge in [-0.2, -0.15) is 0 Å². The van der Waals surface area contributed by atoms with Gasteiger partial charge in [0.2, 0.25) is 5.91 Å². The fraction of sp³-hybridized carbons (Fsp3) is 0.250. The molecule has 0 spiro atoms. The summed E-state index contributed by atoms with van der Waals surface area (Å²) in [6.07, 6.45) is 0.358. The van der Waals surface area contributed by atoms with E-state index in [1.165, 1.54) is 18.4 Å². The summed E-state index contributed by atoms with van der Waals surface area (Å²) in [6.45, 7) is 3.32. The van der Waals surface area contributed by atoms with Crippen LogP contribution in [0.1, 0.15) is 26.4 Å². The number of ether oxygens (including phenoxy) is 1. The Morgan fingerprint density at radius 1 is 1.08 bits per heavy atom. The quantitative estimate of drug-likeness (QED) is 0.296. The summed E-state index contributed by atoms with van der Waals surface area (Å²) in [7, 11) is 3.40. The Hall–Kier alpha value is -3.95. The number of esters is 1. The first-order valence-corrected chi connectivity index (χ1v) is 12.9. The maximum absolute atomic E-state index is 12.7. The Morgan fingerprint density at radius 3 is 2.51 bits per heavy atom. The Labute approximate surface area is 218 Å². The number of thiophene rings is 1. The average Bonchev–Trinajstić information content (AvgIpc) is 3.55. The number of methoxy groups -OCH3 is 1. The third-order valence-corrected chi connectivity index (χ3v) is 7.46. The number of aromatic nitrogens is 1. The number of fused-ring (bicyclic) bond motifs is 1. The fourth-order valence-corrected chi connectivity index (χ4v) is 5.20. The standard InChI is InChI=1S/C28H28N4O4S/c1-31-11-13-32(14-12-31)24(33)16-18-5-8-20(9-6-18)29-26(23-4-3-15-37-23)25-21-10-7-19(28(35)36-2)17-22(21)30-27(25)34/h3-10,15,17,30,34H,11-14,16H2,1-2H3. The van der Waals surface area contributed by atoms with Crippen LogP contribution in [0.3, 0.4) is 0 Å². The minimum atomic E-state index is -0.448. The summed E-state index contributed by atoms with van der Waals surface area (Å²) in [5.74, 6) is -0.340. The molecule has 1 aliphatic rings. The lowest BCUT2D eigenvalue weighted by Gasteiger charge is -2.32. The van der Waals surface area contributed by atoms with Crippen LogP contribution in [0, 0.1) is 0 Å². The number of H-pyrrole nitrogens is 1. The number of benzene rings is 2. The van der Waals surface area contributed by atoms with Crippen molar-refractivity contribution in [2.24, 2.45) is 4.99 Å². The van der Waals surface area contributed by atoms with Gasteiger partial charge in [-0.3, -0.25) is 4.79 Å². The van der Waals surface area contributed by atoms with Gasteiger partial charge in [0, 0.05) is 37.1 Å². The third-order valence-electron chi connectivity index (χ3n) is 6.58. The summed E-state index contributed by atoms with van der Waals surface area (Å²) in [6, 6.07) is 16.6. The number of hydrogen-bond acceptors (Lipinski definition) is 7. The van der Waals surface area contributed by atoms with Crippen LogP contribution in [0.5, 0.6) is 5.88 Å². The molecular weight excluding hydrogens is 488 g/mol. The maximum Gasteiger partial charge on any atom is 0.337 e. The molecular formula is C28H28N4O4S. The number of hydrogen-bond donors (Lipinski definition) is 2. The van der Waals surface area contributed by atoms with E-state index < -0.39 is 5.97 Å². The van der Waals surface area contributed by atoms with Crippen LogP contribution in [0.25, 0.3) is 10.9 Å². The number of carbonyl (C=O) groups is 2. The van der Waals surface area contributed by atoms with E-state index >= 15 is 0 Å². The molecule has 8 nitrogen and oxygen atoms in total. The minimum absolute atomic E-state index is 0.0291. The molecule has 0 unspecified atom stereocenters. The largest absolute Gasteiger partial charge is 0.494 e. The highest BCUT2D eigenvalue weighted by molar-refractivity contribution is 7.12. The second kappa shape index (κ2) is 10.6. The lowest BCUT2D eigenvalue weighted by molar-refractivity contribution is -0.132. The highest BCUT2D eigenvalue weighted by Crippen LogP contribution is 2.33. The van der Waals surface area contributed by atoms with Gasteiger partial charge < -0.3 is 24.6 Å². The molecule has 37 heavy (non-hydrogen) atoms. The number of carbonyl (C=O) groups excluding carboxylic acids is 2. The Balaban J connectivity index is 1.44. The molecule has 5 rings (SSSR count). The van der Waals surface area contributed by atoms with Crippen molar-refractivity contribution in [1.82, 2.24) is 14.8 Å². The second-order valence-corrected chi connectivity index (χ2v) is 10.0. The smallest absolute Gasteiger partial charge is 0.337 e. The summed E-state index contributed by atoms with van der Waals surface area (Å²) in [4.78, 5) is 37.6. The minimum Gasteiger partial charge on any atom is -0.494 e. The van der Waals surface area contributed by atoms with Gasteiger partial charge in [-0.05, 0) is 48.3 Å². The van der Waals surface area contributed by atoms with Crippen molar-refractivity contribution >= 4 is 45.5 Å². The van der Waals surface area contributed by atoms with Crippen LogP contribution in [-0.4, -0.2) is 77.8 Å². The molecule has 4 aromatic rings. The summed E-state index contributed by atoms with van der Waals surface area (Å²) in [5, 5.41) is 13.6. The van der Waals surface area contributed by atoms with Crippen molar-refractivity contribution in [1.29, 1.82) is 0 Å². The predicted molar refractivity (Wildman–Crippen MR) is 145 cm³/mol. The molecule has 9 heteroatoms. The summed E-state index contributed by atoms with van der Waals surface area (Å²) in [5.41, 5.74) is 3.82. The van der Waals surface area contributed by atoms with E-state index in [-0.39, 0.29) is 11.8 Å². The maximum atomic E-state index is 12.7. The first-order valence-electron chi connectivity index (χ1n) is 12.0. The monoisotopic (exact) mass is 516 g/mol. The average molecular weight is 517 g/mol. The van der Waals surface area contributed by atoms with Crippen molar-refractivity contribution in [2.75, 3.05) is 40.3 Å². The highest BCUT2D eigenvalue weighted by atomic mass is 32.1. The SMILES string of the molecule is COC(=O)c1ccc2c(C(=Nc3ccc(CC(=O)N4CCN(C)CC4)cc3)c3cccs3)c(O)[nH]c2c1. The number of amides is 1. The molecule has 1 aliphatic heterocycles. The van der Waals surface area contributed by atoms with Crippen LogP contribution in [0.15, 0.2) is 65.0 Å². The zero-order chi connectivity index (χ0) is 25.9. The van der Waals surface area contributed by atoms with Gasteiger partial charge in [-0.15, -0.1) is 11.3 Å². The topological polar surface area (TPSA) is 98.2 Å². The number of nitrogens with zero attached hydrogens (tertiary/aromatic N) is 3. The number of rotatable bonds is 6. The molecule has 0 aliphatic carbocycles. The Kier molecular flexibility index (Phi) is 7.07. The van der Waals surface area contributed by atoms with Crippen LogP contribution >= 0.6 is 11.3 Å². The molecule has 1 amide bonds. The number of likely N-dealkylation sites (N-methyl/N-ethyl adjacent to an activating group) is 1. The molecule has 0 atom stereocenters. The number of nitrogens with one attached hydrogen (secondary N) is 1. The van der Waals surface area contributed by atoms with Gasteiger partial charge in [0.25, 0.3) is 0 Å². The molecule has 2 N–H and O–H groups in total. The van der Waals surface area contributed by atoms with Crippen LogP contribution in [0.2, 0.25) is 0 Å². The van der Waals surface area contributed by atoms with E-state index in [0.29, 0.717) is 34.5 Å². The van der Waals surface area contributed by atoms with Crippen molar-refractivity contribution in [3.8, 4) is 5.88 Å². The number of aromatic hydroxyl groups is 1. The van der Waals surface area contributed by atoms with E-state index in [1.807, 2.05) is 46.7 Å². The van der Waals surface area contributed by atoms with Crippen molar-refractivity contribution < 1.29 is 19.4 Å². The van der Waals surface area contributed by atoms with E-state index in [2.05, 4.69) is 16.9 Å². The first kappa shape index (κ1) is 24.7. The van der Waals surface area contributed by atoms with E-state index in [9.17, 15) is 14.7 Å². The number of aliphatic imine (C=N–C) groups is 1. The first-order chi connectivity index (χ1) is 17.9. The molecule has 2 aromatic heterocycles. The van der Waals surface area contributed by atoms with Crippen molar-refractivity contribution in [3.05, 3.63) is 81.5 Å². The van der Waals surface area contributed by atoms with Gasteiger partial charge in [0.05, 0.1) is 40.9 Å². The fourth-order valence-electron chi connectivity index (χ4n) is 4.48. The highest BCUT2D eigenvalue weighted by Gasteiger charge is 2.21. The molecule has 0 radical (unpaired) electrons. The van der Waals surface area contributed by atoms with Gasteiger partial charge in [0.15, 0.2) is 5.88 Å². The Morgan fingerprint density at radius 2 is 1.84 bits per heavy atom. The second-order valence-electron chi connectivity index (χ2n) is 9.07. The molecule has 3 heterocycles. The van der Waals surface area contributed by atoms with E-state index in [0.717, 1.165) is 42.0 Å². The van der Waals surface area contributed by atoms with E-state index in [1.54, 1.807) is 18.2 Å². The summed E-state index contributed by atoms with van der Waals surface area (Å²) >= 11 is 1.52.